The molecule has 2 N–H and O–H groups in total. The van der Waals surface area contributed by atoms with Crippen molar-refractivity contribution in [3.63, 3.8) is 0 Å². The SMILES string of the molecule is COc1c(CCO)cccc1C(=O)NC(C)C. The predicted octanol–water partition coefficient (Wildman–Crippen LogP) is 1.37. The molecule has 0 aliphatic carbocycles. The largest absolute Gasteiger partial charge is 0.496 e. The first-order valence-electron chi connectivity index (χ1n) is 5.67. The molecule has 0 bridgehead atoms. The van der Waals surface area contributed by atoms with Crippen LogP contribution in [-0.2, 0) is 6.42 Å². The van der Waals surface area contributed by atoms with E-state index in [9.17, 15) is 4.79 Å². The number of aliphatic hydroxyl groups excluding tert-OH is 1. The highest BCUT2D eigenvalue weighted by molar-refractivity contribution is 5.97. The summed E-state index contributed by atoms with van der Waals surface area (Å²) in [6.07, 6.45) is 0.478. The van der Waals surface area contributed by atoms with Crippen LogP contribution in [0, 0.1) is 0 Å². The average molecular weight is 237 g/mol. The maximum atomic E-state index is 11.9. The molecule has 1 aromatic rings. The number of carbonyl (C=O) groups is 1. The van der Waals surface area contributed by atoms with Crippen LogP contribution in [0.5, 0.6) is 5.75 Å². The Labute approximate surface area is 102 Å². The molecule has 0 radical (unpaired) electrons. The molecule has 1 aromatic carbocycles. The number of rotatable bonds is 5. The van der Waals surface area contributed by atoms with Crippen molar-refractivity contribution in [2.75, 3.05) is 13.7 Å². The second-order valence-electron chi connectivity index (χ2n) is 4.10. The number of methoxy groups -OCH3 is 1. The van der Waals surface area contributed by atoms with Crippen LogP contribution in [0.3, 0.4) is 0 Å². The third kappa shape index (κ3) is 3.46. The van der Waals surface area contributed by atoms with E-state index in [2.05, 4.69) is 5.32 Å². The number of hydrogen-bond donors (Lipinski definition) is 2. The first-order chi connectivity index (χ1) is 8.10. The number of benzene rings is 1. The molecule has 0 saturated heterocycles. The van der Waals surface area contributed by atoms with Crippen molar-refractivity contribution in [1.29, 1.82) is 0 Å². The fourth-order valence-electron chi connectivity index (χ4n) is 1.66. The van der Waals surface area contributed by atoms with Crippen molar-refractivity contribution >= 4 is 5.91 Å². The van der Waals surface area contributed by atoms with Crippen molar-refractivity contribution < 1.29 is 14.6 Å². The molecular weight excluding hydrogens is 218 g/mol. The second-order valence-corrected chi connectivity index (χ2v) is 4.10. The normalized spacial score (nSPS) is 10.4. The summed E-state index contributed by atoms with van der Waals surface area (Å²) in [4.78, 5) is 11.9. The Morgan fingerprint density at radius 2 is 2.18 bits per heavy atom. The molecule has 0 heterocycles. The zero-order valence-corrected chi connectivity index (χ0v) is 10.5. The van der Waals surface area contributed by atoms with Crippen molar-refractivity contribution in [3.8, 4) is 5.75 Å². The van der Waals surface area contributed by atoms with Gasteiger partial charge >= 0.3 is 0 Å². The van der Waals surface area contributed by atoms with E-state index in [4.69, 9.17) is 9.84 Å². The summed E-state index contributed by atoms with van der Waals surface area (Å²) in [6, 6.07) is 5.44. The van der Waals surface area contributed by atoms with Crippen LogP contribution in [-0.4, -0.2) is 30.8 Å². The Morgan fingerprint density at radius 3 is 2.71 bits per heavy atom. The minimum Gasteiger partial charge on any atom is -0.496 e. The minimum atomic E-state index is -0.156. The van der Waals surface area contributed by atoms with Crippen LogP contribution in [0.25, 0.3) is 0 Å². The lowest BCUT2D eigenvalue weighted by atomic mass is 10.1. The quantitative estimate of drug-likeness (QED) is 0.813. The molecule has 0 aliphatic heterocycles. The van der Waals surface area contributed by atoms with Crippen LogP contribution < -0.4 is 10.1 Å². The molecule has 0 aliphatic rings. The molecule has 0 spiro atoms. The first kappa shape index (κ1) is 13.5. The average Bonchev–Trinajstić information content (AvgIpc) is 2.28. The lowest BCUT2D eigenvalue weighted by Crippen LogP contribution is -2.30. The van der Waals surface area contributed by atoms with Crippen LogP contribution >= 0.6 is 0 Å². The van der Waals surface area contributed by atoms with Gasteiger partial charge in [-0.2, -0.15) is 0 Å². The minimum absolute atomic E-state index is 0.0333. The Morgan fingerprint density at radius 1 is 1.47 bits per heavy atom. The van der Waals surface area contributed by atoms with Gasteiger partial charge in [-0.1, -0.05) is 12.1 Å². The number of hydrogen-bond acceptors (Lipinski definition) is 3. The highest BCUT2D eigenvalue weighted by atomic mass is 16.5. The lowest BCUT2D eigenvalue weighted by Gasteiger charge is -2.14. The Hall–Kier alpha value is -1.55. The van der Waals surface area contributed by atoms with Gasteiger partial charge in [-0.05, 0) is 31.9 Å². The van der Waals surface area contributed by atoms with E-state index in [1.165, 1.54) is 7.11 Å². The van der Waals surface area contributed by atoms with Crippen LogP contribution in [0.2, 0.25) is 0 Å². The summed E-state index contributed by atoms with van der Waals surface area (Å²) in [6.45, 7) is 3.84. The lowest BCUT2D eigenvalue weighted by molar-refractivity contribution is 0.0939. The van der Waals surface area contributed by atoms with Crippen molar-refractivity contribution in [2.24, 2.45) is 0 Å². The van der Waals surface area contributed by atoms with Crippen molar-refractivity contribution in [1.82, 2.24) is 5.32 Å². The summed E-state index contributed by atoms with van der Waals surface area (Å²) in [7, 11) is 1.53. The van der Waals surface area contributed by atoms with Crippen molar-refractivity contribution in [2.45, 2.75) is 26.3 Å². The topological polar surface area (TPSA) is 58.6 Å². The predicted molar refractivity (Wildman–Crippen MR) is 66.4 cm³/mol. The van der Waals surface area contributed by atoms with Gasteiger partial charge in [0.15, 0.2) is 0 Å². The molecular formula is C13H19NO3. The van der Waals surface area contributed by atoms with Gasteiger partial charge in [0.25, 0.3) is 5.91 Å². The molecule has 1 amide bonds. The third-order valence-electron chi connectivity index (χ3n) is 2.35. The maximum Gasteiger partial charge on any atom is 0.255 e. The highest BCUT2D eigenvalue weighted by Crippen LogP contribution is 2.24. The smallest absolute Gasteiger partial charge is 0.255 e. The van der Waals surface area contributed by atoms with E-state index in [1.807, 2.05) is 19.9 Å². The van der Waals surface area contributed by atoms with Gasteiger partial charge in [-0.25, -0.2) is 0 Å². The fourth-order valence-corrected chi connectivity index (χ4v) is 1.66. The van der Waals surface area contributed by atoms with E-state index < -0.39 is 0 Å². The van der Waals surface area contributed by atoms with Gasteiger partial charge < -0.3 is 15.2 Å². The van der Waals surface area contributed by atoms with Crippen molar-refractivity contribution in [3.05, 3.63) is 29.3 Å². The molecule has 17 heavy (non-hydrogen) atoms. The van der Waals surface area contributed by atoms with E-state index in [-0.39, 0.29) is 18.6 Å². The first-order valence-corrected chi connectivity index (χ1v) is 5.67. The third-order valence-corrected chi connectivity index (χ3v) is 2.35. The van der Waals surface area contributed by atoms with E-state index in [0.29, 0.717) is 17.7 Å². The zero-order chi connectivity index (χ0) is 12.8. The number of para-hydroxylation sites is 1. The standard InChI is InChI=1S/C13H19NO3/c1-9(2)14-13(16)11-6-4-5-10(7-8-15)12(11)17-3/h4-6,9,15H,7-8H2,1-3H3,(H,14,16). The van der Waals surface area contributed by atoms with Gasteiger partial charge in [0.05, 0.1) is 12.7 Å². The summed E-state index contributed by atoms with van der Waals surface area (Å²) >= 11 is 0. The van der Waals surface area contributed by atoms with Gasteiger partial charge in [-0.3, -0.25) is 4.79 Å². The molecule has 0 unspecified atom stereocenters. The van der Waals surface area contributed by atoms with Gasteiger partial charge in [-0.15, -0.1) is 0 Å². The van der Waals surface area contributed by atoms with Crippen LogP contribution in [0.1, 0.15) is 29.8 Å². The molecule has 0 saturated carbocycles. The van der Waals surface area contributed by atoms with Gasteiger partial charge in [0.1, 0.15) is 5.75 Å². The number of amides is 1. The summed E-state index contributed by atoms with van der Waals surface area (Å²) in [5.74, 6) is 0.385. The van der Waals surface area contributed by atoms with Crippen LogP contribution in [0.4, 0.5) is 0 Å². The number of carbonyl (C=O) groups excluding carboxylic acids is 1. The number of nitrogens with one attached hydrogen (secondary N) is 1. The summed E-state index contributed by atoms with van der Waals surface area (Å²) in [5, 5.41) is 11.8. The zero-order valence-electron chi connectivity index (χ0n) is 10.5. The summed E-state index contributed by atoms with van der Waals surface area (Å²) < 4.78 is 5.26. The second kappa shape index (κ2) is 6.25. The molecule has 1 rings (SSSR count). The Balaban J connectivity index is 3.06. The maximum absolute atomic E-state index is 11.9. The molecule has 0 fully saturated rings. The number of ether oxygens (including phenoxy) is 1. The van der Waals surface area contributed by atoms with Gasteiger partial charge in [0, 0.05) is 12.6 Å². The van der Waals surface area contributed by atoms with Crippen LogP contribution in [0.15, 0.2) is 18.2 Å². The van der Waals surface area contributed by atoms with E-state index >= 15 is 0 Å². The molecule has 4 nitrogen and oxygen atoms in total. The summed E-state index contributed by atoms with van der Waals surface area (Å²) in [5.41, 5.74) is 1.35. The Kier molecular flexibility index (Phi) is 4.97. The monoisotopic (exact) mass is 237 g/mol. The Bertz CT molecular complexity index is 388. The van der Waals surface area contributed by atoms with E-state index in [1.54, 1.807) is 12.1 Å². The number of aliphatic hydroxyl groups is 1. The molecule has 0 aromatic heterocycles. The molecule has 94 valence electrons. The van der Waals surface area contributed by atoms with Gasteiger partial charge in [0.2, 0.25) is 0 Å². The molecule has 4 heteroatoms. The fraction of sp³-hybridized carbons (Fsp3) is 0.462. The van der Waals surface area contributed by atoms with E-state index in [0.717, 1.165) is 5.56 Å². The highest BCUT2D eigenvalue weighted by Gasteiger charge is 2.15. The molecule has 0 atom stereocenters.